The van der Waals surface area contributed by atoms with Crippen molar-refractivity contribution in [1.82, 2.24) is 0 Å². The average molecular weight is 342 g/mol. The van der Waals surface area contributed by atoms with E-state index in [1.54, 1.807) is 12.1 Å². The van der Waals surface area contributed by atoms with E-state index in [0.717, 1.165) is 11.3 Å². The van der Waals surface area contributed by atoms with Crippen LogP contribution in [0.4, 0.5) is 5.69 Å². The number of carbonyl (C=O) groups excluding carboxylic acids is 1. The van der Waals surface area contributed by atoms with Crippen molar-refractivity contribution in [3.8, 4) is 0 Å². The maximum Gasteiger partial charge on any atom is 0.234 e. The van der Waals surface area contributed by atoms with Crippen molar-refractivity contribution < 1.29 is 9.90 Å². The van der Waals surface area contributed by atoms with Gasteiger partial charge in [-0.1, -0.05) is 29.3 Å². The van der Waals surface area contributed by atoms with E-state index in [9.17, 15) is 9.90 Å². The fourth-order valence-electron chi connectivity index (χ4n) is 2.48. The quantitative estimate of drug-likeness (QED) is 0.852. The fourth-order valence-corrected chi connectivity index (χ4v) is 4.00. The zero-order valence-corrected chi connectivity index (χ0v) is 13.7. The summed E-state index contributed by atoms with van der Waals surface area (Å²) in [6.07, 6.45) is -0.863. The lowest BCUT2D eigenvalue weighted by Crippen LogP contribution is -2.26. The largest absolute Gasteiger partial charge is 0.384 e. The summed E-state index contributed by atoms with van der Waals surface area (Å²) in [4.78, 5) is 12.0. The van der Waals surface area contributed by atoms with Gasteiger partial charge in [0.05, 0.1) is 9.75 Å². The number of aliphatic hydroxyl groups excluding tert-OH is 1. The van der Waals surface area contributed by atoms with Gasteiger partial charge in [-0.15, -0.1) is 11.3 Å². The molecule has 1 unspecified atom stereocenters. The number of fused-ring (bicyclic) bond motifs is 1. The second-order valence-electron chi connectivity index (χ2n) is 5.57. The summed E-state index contributed by atoms with van der Waals surface area (Å²) >= 11 is 13.2. The molecule has 2 N–H and O–H groups in total. The molecule has 1 aliphatic heterocycles. The molecule has 2 aromatic rings. The number of hydrogen-bond acceptors (Lipinski definition) is 3. The number of anilines is 1. The predicted molar refractivity (Wildman–Crippen MR) is 86.5 cm³/mol. The summed E-state index contributed by atoms with van der Waals surface area (Å²) < 4.78 is 1.01. The minimum atomic E-state index is -0.863. The van der Waals surface area contributed by atoms with Gasteiger partial charge in [0.15, 0.2) is 0 Å². The van der Waals surface area contributed by atoms with Crippen molar-refractivity contribution in [3.63, 3.8) is 0 Å². The van der Waals surface area contributed by atoms with Gasteiger partial charge in [-0.25, -0.2) is 0 Å². The molecule has 0 saturated heterocycles. The highest BCUT2D eigenvalue weighted by Crippen LogP contribution is 2.41. The van der Waals surface area contributed by atoms with Crippen molar-refractivity contribution in [2.24, 2.45) is 0 Å². The summed E-state index contributed by atoms with van der Waals surface area (Å²) in [5.41, 5.74) is 2.33. The number of rotatable bonds is 2. The molecule has 21 heavy (non-hydrogen) atoms. The number of amides is 1. The van der Waals surface area contributed by atoms with Crippen LogP contribution < -0.4 is 5.32 Å². The topological polar surface area (TPSA) is 49.3 Å². The molecule has 1 atom stereocenters. The SMILES string of the molecule is CC1(C)C(=O)Nc2ccc(C(O)c3cc(Cl)sc3Cl)cc21. The van der Waals surface area contributed by atoms with Crippen molar-refractivity contribution in [3.05, 3.63) is 49.6 Å². The molecule has 0 bridgehead atoms. The molecule has 0 aliphatic carbocycles. The molecule has 0 fully saturated rings. The van der Waals surface area contributed by atoms with E-state index in [-0.39, 0.29) is 5.91 Å². The lowest BCUT2D eigenvalue weighted by molar-refractivity contribution is -0.119. The van der Waals surface area contributed by atoms with Gasteiger partial charge in [0.1, 0.15) is 10.4 Å². The molecule has 110 valence electrons. The fraction of sp³-hybridized carbons (Fsp3) is 0.267. The van der Waals surface area contributed by atoms with E-state index >= 15 is 0 Å². The van der Waals surface area contributed by atoms with Crippen LogP contribution in [0.5, 0.6) is 0 Å². The number of halogens is 2. The van der Waals surface area contributed by atoms with Gasteiger partial charge < -0.3 is 10.4 Å². The Hall–Kier alpha value is -1.07. The number of carbonyl (C=O) groups is 1. The van der Waals surface area contributed by atoms with Crippen molar-refractivity contribution in [2.45, 2.75) is 25.4 Å². The minimum absolute atomic E-state index is 0.0410. The zero-order valence-electron chi connectivity index (χ0n) is 11.4. The molecule has 0 radical (unpaired) electrons. The van der Waals surface area contributed by atoms with Gasteiger partial charge in [-0.3, -0.25) is 4.79 Å². The molecule has 1 amide bonds. The Morgan fingerprint density at radius 2 is 2.00 bits per heavy atom. The van der Waals surface area contributed by atoms with Gasteiger partial charge in [0.25, 0.3) is 0 Å². The second-order valence-corrected chi connectivity index (χ2v) is 7.85. The molecular weight excluding hydrogens is 329 g/mol. The van der Waals surface area contributed by atoms with E-state index in [4.69, 9.17) is 23.2 Å². The number of benzene rings is 1. The Labute approximate surface area is 136 Å². The summed E-state index contributed by atoms with van der Waals surface area (Å²) in [5, 5.41) is 13.4. The third-order valence-electron chi connectivity index (χ3n) is 3.83. The first-order valence-electron chi connectivity index (χ1n) is 6.39. The molecule has 3 nitrogen and oxygen atoms in total. The van der Waals surface area contributed by atoms with Gasteiger partial charge in [0.2, 0.25) is 5.91 Å². The van der Waals surface area contributed by atoms with E-state index in [2.05, 4.69) is 5.32 Å². The van der Waals surface area contributed by atoms with Gasteiger partial charge >= 0.3 is 0 Å². The molecule has 2 heterocycles. The Bertz CT molecular complexity index is 739. The number of thiophene rings is 1. The van der Waals surface area contributed by atoms with E-state index < -0.39 is 11.5 Å². The van der Waals surface area contributed by atoms with E-state index in [1.165, 1.54) is 11.3 Å². The van der Waals surface area contributed by atoms with Crippen LogP contribution in [-0.4, -0.2) is 11.0 Å². The highest BCUT2D eigenvalue weighted by Gasteiger charge is 2.38. The van der Waals surface area contributed by atoms with Crippen molar-refractivity contribution in [2.75, 3.05) is 5.32 Å². The molecule has 1 aromatic heterocycles. The predicted octanol–water partition coefficient (Wildman–Crippen LogP) is 4.37. The summed E-state index contributed by atoms with van der Waals surface area (Å²) in [6.45, 7) is 3.72. The second kappa shape index (κ2) is 4.99. The van der Waals surface area contributed by atoms with Crippen molar-refractivity contribution >= 4 is 46.1 Å². The summed E-state index contributed by atoms with van der Waals surface area (Å²) in [5.74, 6) is -0.0410. The van der Waals surface area contributed by atoms with Gasteiger partial charge in [-0.05, 0) is 43.2 Å². The van der Waals surface area contributed by atoms with E-state index in [1.807, 2.05) is 26.0 Å². The molecule has 0 spiro atoms. The minimum Gasteiger partial charge on any atom is -0.384 e. The van der Waals surface area contributed by atoms with Crippen LogP contribution in [-0.2, 0) is 10.2 Å². The average Bonchev–Trinajstić information content (AvgIpc) is 2.87. The molecule has 0 saturated carbocycles. The molecule has 1 aromatic carbocycles. The van der Waals surface area contributed by atoms with Crippen LogP contribution in [0.1, 0.15) is 36.6 Å². The van der Waals surface area contributed by atoms with Crippen molar-refractivity contribution in [1.29, 1.82) is 0 Å². The summed E-state index contributed by atoms with van der Waals surface area (Å²) in [6, 6.07) is 7.11. The Morgan fingerprint density at radius 1 is 1.29 bits per heavy atom. The first-order valence-corrected chi connectivity index (χ1v) is 7.96. The lowest BCUT2D eigenvalue weighted by atomic mass is 9.84. The standard InChI is InChI=1S/C15H13Cl2NO2S/c1-15(2)9-5-7(3-4-10(9)18-14(15)20)12(19)8-6-11(16)21-13(8)17/h3-6,12,19H,1-2H3,(H,18,20). The smallest absolute Gasteiger partial charge is 0.234 e. The number of aliphatic hydroxyl groups is 1. The first-order chi connectivity index (χ1) is 9.80. The lowest BCUT2D eigenvalue weighted by Gasteiger charge is -2.17. The van der Waals surface area contributed by atoms with Gasteiger partial charge in [0, 0.05) is 11.3 Å². The third-order valence-corrected chi connectivity index (χ3v) is 5.34. The Balaban J connectivity index is 2.04. The highest BCUT2D eigenvalue weighted by molar-refractivity contribution is 7.20. The van der Waals surface area contributed by atoms with Crippen LogP contribution in [0.2, 0.25) is 8.67 Å². The van der Waals surface area contributed by atoms with Crippen LogP contribution in [0.15, 0.2) is 24.3 Å². The monoisotopic (exact) mass is 341 g/mol. The highest BCUT2D eigenvalue weighted by atomic mass is 35.5. The number of nitrogens with one attached hydrogen (secondary N) is 1. The first kappa shape index (κ1) is 14.9. The molecular formula is C15H13Cl2NO2S. The molecule has 3 rings (SSSR count). The third kappa shape index (κ3) is 2.36. The Kier molecular flexibility index (Phi) is 3.53. The van der Waals surface area contributed by atoms with Crippen LogP contribution >= 0.6 is 34.5 Å². The molecule has 1 aliphatic rings. The molecule has 6 heteroatoms. The van der Waals surface area contributed by atoms with Crippen LogP contribution in [0.3, 0.4) is 0 Å². The van der Waals surface area contributed by atoms with Crippen LogP contribution in [0, 0.1) is 0 Å². The van der Waals surface area contributed by atoms with E-state index in [0.29, 0.717) is 19.8 Å². The maximum atomic E-state index is 12.0. The normalized spacial score (nSPS) is 17.5. The summed E-state index contributed by atoms with van der Waals surface area (Å²) in [7, 11) is 0. The Morgan fingerprint density at radius 3 is 2.62 bits per heavy atom. The maximum absolute atomic E-state index is 12.0. The van der Waals surface area contributed by atoms with Crippen LogP contribution in [0.25, 0.3) is 0 Å². The zero-order chi connectivity index (χ0) is 15.4. The number of hydrogen-bond donors (Lipinski definition) is 2. The van der Waals surface area contributed by atoms with Gasteiger partial charge in [-0.2, -0.15) is 0 Å².